The predicted octanol–water partition coefficient (Wildman–Crippen LogP) is 2.39. The second-order valence-electron chi connectivity index (χ2n) is 4.19. The van der Waals surface area contributed by atoms with Crippen molar-refractivity contribution in [2.75, 3.05) is 0 Å². The topological polar surface area (TPSA) is 72.0 Å². The fourth-order valence-electron chi connectivity index (χ4n) is 1.62. The standard InChI is InChI=1S/C14H14FN3O/c1-9-2-3-11(14(16)17)5-13(9)19-8-10-4-12(15)7-18-6-10/h2-7H,8H2,1H3,(H3,16,17). The van der Waals surface area contributed by atoms with Gasteiger partial charge in [-0.3, -0.25) is 10.4 Å². The van der Waals surface area contributed by atoms with Gasteiger partial charge in [0.05, 0.1) is 6.20 Å². The van der Waals surface area contributed by atoms with Crippen molar-refractivity contribution < 1.29 is 9.13 Å². The lowest BCUT2D eigenvalue weighted by atomic mass is 10.1. The first kappa shape index (κ1) is 13.0. The van der Waals surface area contributed by atoms with Crippen molar-refractivity contribution in [3.8, 4) is 5.75 Å². The van der Waals surface area contributed by atoms with Gasteiger partial charge in [0.15, 0.2) is 0 Å². The van der Waals surface area contributed by atoms with Crippen molar-refractivity contribution in [3.63, 3.8) is 0 Å². The zero-order chi connectivity index (χ0) is 13.8. The molecular formula is C14H14FN3O. The molecule has 0 fully saturated rings. The number of nitrogen functional groups attached to an aromatic ring is 1. The molecule has 1 heterocycles. The highest BCUT2D eigenvalue weighted by molar-refractivity contribution is 5.95. The van der Waals surface area contributed by atoms with E-state index in [1.54, 1.807) is 18.3 Å². The Morgan fingerprint density at radius 1 is 1.37 bits per heavy atom. The Morgan fingerprint density at radius 3 is 2.84 bits per heavy atom. The molecule has 98 valence electrons. The van der Waals surface area contributed by atoms with E-state index in [0.29, 0.717) is 16.9 Å². The average Bonchev–Trinajstić information content (AvgIpc) is 2.37. The molecule has 1 aromatic carbocycles. The first-order chi connectivity index (χ1) is 9.06. The number of amidine groups is 1. The minimum atomic E-state index is -0.393. The summed E-state index contributed by atoms with van der Waals surface area (Å²) in [5.41, 5.74) is 7.59. The summed E-state index contributed by atoms with van der Waals surface area (Å²) in [6.07, 6.45) is 2.69. The molecule has 0 aliphatic rings. The highest BCUT2D eigenvalue weighted by Gasteiger charge is 2.05. The molecule has 3 N–H and O–H groups in total. The van der Waals surface area contributed by atoms with E-state index in [9.17, 15) is 4.39 Å². The smallest absolute Gasteiger partial charge is 0.141 e. The number of hydrogen-bond donors (Lipinski definition) is 2. The maximum absolute atomic E-state index is 13.0. The van der Waals surface area contributed by atoms with E-state index in [1.165, 1.54) is 6.07 Å². The SMILES string of the molecule is Cc1ccc(C(=N)N)cc1OCc1cncc(F)c1. The number of rotatable bonds is 4. The Morgan fingerprint density at radius 2 is 2.16 bits per heavy atom. The van der Waals surface area contributed by atoms with Crippen LogP contribution in [0.3, 0.4) is 0 Å². The normalized spacial score (nSPS) is 10.2. The molecule has 19 heavy (non-hydrogen) atoms. The second kappa shape index (κ2) is 5.48. The van der Waals surface area contributed by atoms with Crippen LogP contribution in [-0.4, -0.2) is 10.8 Å². The zero-order valence-electron chi connectivity index (χ0n) is 10.5. The molecule has 0 unspecified atom stereocenters. The molecule has 0 aliphatic carbocycles. The predicted molar refractivity (Wildman–Crippen MR) is 70.7 cm³/mol. The Balaban J connectivity index is 2.15. The van der Waals surface area contributed by atoms with Gasteiger partial charge in [-0.1, -0.05) is 12.1 Å². The van der Waals surface area contributed by atoms with Crippen molar-refractivity contribution >= 4 is 5.84 Å². The Kier molecular flexibility index (Phi) is 3.75. The number of pyridine rings is 1. The van der Waals surface area contributed by atoms with Crippen LogP contribution in [0.2, 0.25) is 0 Å². The molecule has 0 atom stereocenters. The van der Waals surface area contributed by atoms with Gasteiger partial charge >= 0.3 is 0 Å². The lowest BCUT2D eigenvalue weighted by molar-refractivity contribution is 0.303. The zero-order valence-corrected chi connectivity index (χ0v) is 10.5. The summed E-state index contributed by atoms with van der Waals surface area (Å²) in [6.45, 7) is 2.11. The van der Waals surface area contributed by atoms with Crippen molar-refractivity contribution in [1.29, 1.82) is 5.41 Å². The van der Waals surface area contributed by atoms with E-state index < -0.39 is 5.82 Å². The van der Waals surface area contributed by atoms with Crippen LogP contribution in [0.1, 0.15) is 16.7 Å². The van der Waals surface area contributed by atoms with Gasteiger partial charge in [0.25, 0.3) is 0 Å². The number of aryl methyl sites for hydroxylation is 1. The lowest BCUT2D eigenvalue weighted by Crippen LogP contribution is -2.11. The maximum Gasteiger partial charge on any atom is 0.141 e. The maximum atomic E-state index is 13.0. The van der Waals surface area contributed by atoms with E-state index in [4.69, 9.17) is 15.9 Å². The number of nitrogens with two attached hydrogens (primary N) is 1. The lowest BCUT2D eigenvalue weighted by Gasteiger charge is -2.10. The molecule has 2 rings (SSSR count). The molecule has 0 radical (unpaired) electrons. The summed E-state index contributed by atoms with van der Waals surface area (Å²) in [4.78, 5) is 3.76. The molecular weight excluding hydrogens is 245 g/mol. The van der Waals surface area contributed by atoms with Crippen LogP contribution in [-0.2, 0) is 6.61 Å². The van der Waals surface area contributed by atoms with Crippen molar-refractivity contribution in [2.45, 2.75) is 13.5 Å². The molecule has 0 bridgehead atoms. The monoisotopic (exact) mass is 259 g/mol. The van der Waals surface area contributed by atoms with Crippen LogP contribution in [0.4, 0.5) is 4.39 Å². The van der Waals surface area contributed by atoms with Crippen molar-refractivity contribution in [2.24, 2.45) is 5.73 Å². The molecule has 5 heteroatoms. The average molecular weight is 259 g/mol. The minimum absolute atomic E-state index is 0.0164. The van der Waals surface area contributed by atoms with Gasteiger partial charge in [-0.25, -0.2) is 4.39 Å². The molecule has 0 saturated carbocycles. The Hall–Kier alpha value is -2.43. The molecule has 0 aliphatic heterocycles. The fraction of sp³-hybridized carbons (Fsp3) is 0.143. The summed E-state index contributed by atoms with van der Waals surface area (Å²) in [7, 11) is 0. The van der Waals surface area contributed by atoms with E-state index >= 15 is 0 Å². The molecule has 4 nitrogen and oxygen atoms in total. The number of benzene rings is 1. The summed E-state index contributed by atoms with van der Waals surface area (Å²) in [5, 5.41) is 7.39. The van der Waals surface area contributed by atoms with Crippen LogP contribution in [0.5, 0.6) is 5.75 Å². The number of halogens is 1. The van der Waals surface area contributed by atoms with E-state index in [1.807, 2.05) is 13.0 Å². The molecule has 1 aromatic heterocycles. The third-order valence-electron chi connectivity index (χ3n) is 2.65. The van der Waals surface area contributed by atoms with Crippen LogP contribution in [0.25, 0.3) is 0 Å². The van der Waals surface area contributed by atoms with Crippen LogP contribution < -0.4 is 10.5 Å². The second-order valence-corrected chi connectivity index (χ2v) is 4.19. The first-order valence-corrected chi connectivity index (χ1v) is 5.73. The quantitative estimate of drug-likeness (QED) is 0.654. The van der Waals surface area contributed by atoms with Gasteiger partial charge in [-0.15, -0.1) is 0 Å². The van der Waals surface area contributed by atoms with Crippen molar-refractivity contribution in [1.82, 2.24) is 4.98 Å². The highest BCUT2D eigenvalue weighted by Crippen LogP contribution is 2.20. The Labute approximate surface area is 110 Å². The van der Waals surface area contributed by atoms with Gasteiger partial charge in [0.2, 0.25) is 0 Å². The number of aromatic nitrogens is 1. The van der Waals surface area contributed by atoms with E-state index in [0.717, 1.165) is 11.8 Å². The highest BCUT2D eigenvalue weighted by atomic mass is 19.1. The van der Waals surface area contributed by atoms with Crippen LogP contribution in [0.15, 0.2) is 36.7 Å². The van der Waals surface area contributed by atoms with Crippen LogP contribution in [0, 0.1) is 18.2 Å². The van der Waals surface area contributed by atoms with Gasteiger partial charge in [0.1, 0.15) is 24.0 Å². The number of nitrogens with one attached hydrogen (secondary N) is 1. The van der Waals surface area contributed by atoms with Gasteiger partial charge in [0, 0.05) is 17.3 Å². The molecule has 0 spiro atoms. The summed E-state index contributed by atoms with van der Waals surface area (Å²) < 4.78 is 18.6. The fourth-order valence-corrected chi connectivity index (χ4v) is 1.62. The number of nitrogens with zero attached hydrogens (tertiary/aromatic N) is 1. The number of ether oxygens (including phenoxy) is 1. The summed E-state index contributed by atoms with van der Waals surface area (Å²) in [5.74, 6) is 0.213. The molecule has 2 aromatic rings. The van der Waals surface area contributed by atoms with E-state index in [2.05, 4.69) is 4.98 Å². The largest absolute Gasteiger partial charge is 0.489 e. The summed E-state index contributed by atoms with van der Waals surface area (Å²) >= 11 is 0. The van der Waals surface area contributed by atoms with Crippen LogP contribution >= 0.6 is 0 Å². The number of hydrogen-bond acceptors (Lipinski definition) is 3. The third kappa shape index (κ3) is 3.28. The van der Waals surface area contributed by atoms with Gasteiger partial charge < -0.3 is 10.5 Å². The van der Waals surface area contributed by atoms with E-state index in [-0.39, 0.29) is 12.4 Å². The van der Waals surface area contributed by atoms with Gasteiger partial charge in [-0.05, 0) is 24.6 Å². The third-order valence-corrected chi connectivity index (χ3v) is 2.65. The minimum Gasteiger partial charge on any atom is -0.489 e. The summed E-state index contributed by atoms with van der Waals surface area (Å²) in [6, 6.07) is 6.66. The van der Waals surface area contributed by atoms with Gasteiger partial charge in [-0.2, -0.15) is 0 Å². The van der Waals surface area contributed by atoms with Crippen molar-refractivity contribution in [3.05, 3.63) is 59.2 Å². The Bertz CT molecular complexity index is 613. The molecule has 0 amide bonds. The first-order valence-electron chi connectivity index (χ1n) is 5.73. The molecule has 0 saturated heterocycles.